The molecule has 2 aliphatic heterocycles. The number of carbonyl (C=O) groups excluding carboxylic acids is 1. The number of hydrogen-bond donors (Lipinski definition) is 1. The van der Waals surface area contributed by atoms with Gasteiger partial charge in [-0.3, -0.25) is 4.79 Å². The molecule has 2 aliphatic rings. The molecule has 2 aromatic rings. The van der Waals surface area contributed by atoms with Crippen LogP contribution in [-0.4, -0.2) is 74.6 Å². The third-order valence-corrected chi connectivity index (χ3v) is 10.2. The van der Waals surface area contributed by atoms with Gasteiger partial charge in [0, 0.05) is 30.7 Å². The van der Waals surface area contributed by atoms with Crippen molar-refractivity contribution in [3.63, 3.8) is 0 Å². The van der Waals surface area contributed by atoms with Crippen LogP contribution in [0, 0.1) is 13.8 Å². The highest BCUT2D eigenvalue weighted by Gasteiger charge is 2.37. The monoisotopic (exact) mass is 564 g/mol. The Bertz CT molecular complexity index is 1220. The molecule has 2 fully saturated rings. The van der Waals surface area contributed by atoms with Crippen molar-refractivity contribution in [1.29, 1.82) is 0 Å². The van der Waals surface area contributed by atoms with Gasteiger partial charge in [0.15, 0.2) is 0 Å². The Morgan fingerprint density at radius 2 is 1.71 bits per heavy atom. The molecule has 0 spiro atoms. The second-order valence-electron chi connectivity index (χ2n) is 10.3. The maximum atomic E-state index is 13.7. The van der Waals surface area contributed by atoms with Crippen molar-refractivity contribution >= 4 is 27.5 Å². The Morgan fingerprint density at radius 3 is 2.32 bits per heavy atom. The molecule has 38 heavy (non-hydrogen) atoms. The van der Waals surface area contributed by atoms with E-state index in [0.717, 1.165) is 18.4 Å². The summed E-state index contributed by atoms with van der Waals surface area (Å²) in [6, 6.07) is 10.3. The van der Waals surface area contributed by atoms with Crippen LogP contribution in [0.3, 0.4) is 0 Å². The molecule has 10 heteroatoms. The molecule has 1 amide bonds. The van der Waals surface area contributed by atoms with E-state index in [0.29, 0.717) is 65.7 Å². The van der Waals surface area contributed by atoms with Gasteiger partial charge in [0.1, 0.15) is 12.4 Å². The molecule has 2 aromatic carbocycles. The highest BCUT2D eigenvalue weighted by Crippen LogP contribution is 2.34. The van der Waals surface area contributed by atoms with Gasteiger partial charge in [-0.2, -0.15) is 4.31 Å². The van der Waals surface area contributed by atoms with Gasteiger partial charge in [-0.15, -0.1) is 0 Å². The Kier molecular flexibility index (Phi) is 9.04. The molecule has 2 saturated heterocycles. The average Bonchev–Trinajstić information content (AvgIpc) is 2.89. The summed E-state index contributed by atoms with van der Waals surface area (Å²) >= 11 is 5.97. The highest BCUT2D eigenvalue weighted by molar-refractivity contribution is 7.89. The molecule has 0 aromatic heterocycles. The Balaban J connectivity index is 1.34. The summed E-state index contributed by atoms with van der Waals surface area (Å²) in [5, 5.41) is 11.7. The van der Waals surface area contributed by atoms with Gasteiger partial charge >= 0.3 is 0 Å². The number of ether oxygens (including phenoxy) is 2. The number of rotatable bonds is 8. The number of carbonyl (C=O) groups is 1. The third-order valence-electron chi connectivity index (χ3n) is 7.67. The summed E-state index contributed by atoms with van der Waals surface area (Å²) in [4.78, 5) is 14.8. The zero-order chi connectivity index (χ0) is 27.5. The van der Waals surface area contributed by atoms with Gasteiger partial charge < -0.3 is 19.5 Å². The number of sulfonamides is 1. The quantitative estimate of drug-likeness (QED) is 0.520. The van der Waals surface area contributed by atoms with Crippen molar-refractivity contribution in [2.75, 3.05) is 40.0 Å². The van der Waals surface area contributed by atoms with Crippen molar-refractivity contribution in [3.05, 3.63) is 58.1 Å². The van der Waals surface area contributed by atoms with Crippen molar-refractivity contribution < 1.29 is 27.8 Å². The average molecular weight is 565 g/mol. The molecule has 4 rings (SSSR count). The van der Waals surface area contributed by atoms with E-state index in [2.05, 4.69) is 0 Å². The lowest BCUT2D eigenvalue weighted by Crippen LogP contribution is -2.48. The number of likely N-dealkylation sites (tertiary alicyclic amines) is 1. The van der Waals surface area contributed by atoms with E-state index in [4.69, 9.17) is 21.1 Å². The van der Waals surface area contributed by atoms with E-state index >= 15 is 0 Å². The van der Waals surface area contributed by atoms with Crippen LogP contribution in [0.2, 0.25) is 5.02 Å². The van der Waals surface area contributed by atoms with E-state index in [1.807, 2.05) is 12.1 Å². The molecule has 0 bridgehead atoms. The fourth-order valence-corrected chi connectivity index (χ4v) is 7.78. The zero-order valence-electron chi connectivity index (χ0n) is 22.3. The summed E-state index contributed by atoms with van der Waals surface area (Å²) in [6.07, 6.45) is 3.22. The summed E-state index contributed by atoms with van der Waals surface area (Å²) in [7, 11) is -2.18. The number of piperidine rings is 2. The van der Waals surface area contributed by atoms with Gasteiger partial charge in [-0.25, -0.2) is 8.42 Å². The first kappa shape index (κ1) is 28.8. The number of benzene rings is 2. The van der Waals surface area contributed by atoms with Crippen LogP contribution >= 0.6 is 11.6 Å². The fraction of sp³-hybridized carbons (Fsp3) is 0.536. The lowest BCUT2D eigenvalue weighted by atomic mass is 9.84. The van der Waals surface area contributed by atoms with Gasteiger partial charge in [-0.1, -0.05) is 30.2 Å². The molecular weight excluding hydrogens is 528 g/mol. The second kappa shape index (κ2) is 11.9. The predicted octanol–water partition coefficient (Wildman–Crippen LogP) is 4.04. The largest absolute Gasteiger partial charge is 0.497 e. The van der Waals surface area contributed by atoms with Gasteiger partial charge in [-0.05, 0) is 80.5 Å². The molecule has 0 aliphatic carbocycles. The Hall–Kier alpha value is -2.17. The summed E-state index contributed by atoms with van der Waals surface area (Å²) in [5.74, 6) is 0.468. The molecule has 1 atom stereocenters. The molecular formula is C28H37ClN2O6S. The minimum absolute atomic E-state index is 0.121. The zero-order valence-corrected chi connectivity index (χ0v) is 23.9. The van der Waals surface area contributed by atoms with E-state index in [9.17, 15) is 18.3 Å². The first-order valence-electron chi connectivity index (χ1n) is 13.1. The van der Waals surface area contributed by atoms with Crippen LogP contribution in [0.25, 0.3) is 0 Å². The molecule has 8 nitrogen and oxygen atoms in total. The maximum absolute atomic E-state index is 13.7. The minimum Gasteiger partial charge on any atom is -0.497 e. The van der Waals surface area contributed by atoms with Crippen LogP contribution in [0.5, 0.6) is 5.75 Å². The number of hydrogen-bond acceptors (Lipinski definition) is 6. The first-order valence-corrected chi connectivity index (χ1v) is 14.9. The summed E-state index contributed by atoms with van der Waals surface area (Å²) in [6.45, 7) is 4.85. The number of aliphatic hydroxyl groups is 1. The lowest BCUT2D eigenvalue weighted by molar-refractivity contribution is -0.141. The van der Waals surface area contributed by atoms with Crippen LogP contribution in [-0.2, 0) is 25.2 Å². The second-order valence-corrected chi connectivity index (χ2v) is 12.6. The molecule has 208 valence electrons. The van der Waals surface area contributed by atoms with E-state index in [1.165, 1.54) is 4.31 Å². The minimum atomic E-state index is -3.74. The van der Waals surface area contributed by atoms with E-state index in [-0.39, 0.29) is 25.2 Å². The van der Waals surface area contributed by atoms with Gasteiger partial charge in [0.25, 0.3) is 0 Å². The topological polar surface area (TPSA) is 96.4 Å². The van der Waals surface area contributed by atoms with Crippen molar-refractivity contribution in [3.8, 4) is 5.75 Å². The van der Waals surface area contributed by atoms with Crippen LogP contribution in [0.4, 0.5) is 0 Å². The van der Waals surface area contributed by atoms with Crippen molar-refractivity contribution in [1.82, 2.24) is 9.21 Å². The SMILES string of the molecule is COc1cc(C)c(S(=O)(=O)N2CCCCC2COCC(=O)N2CCC(O)(c3ccc(Cl)cc3)CC2)c(C)c1. The first-order chi connectivity index (χ1) is 18.0. The van der Waals surface area contributed by atoms with Crippen LogP contribution in [0.1, 0.15) is 48.8 Å². The molecule has 1 unspecified atom stereocenters. The third kappa shape index (κ3) is 6.18. The standard InChI is InChI=1S/C28H37ClN2O6S/c1-20-16-25(36-3)17-21(2)27(20)38(34,35)31-13-5-4-6-24(31)18-37-19-26(32)30-14-11-28(33,12-15-30)22-7-9-23(29)10-8-22/h7-10,16-17,24,33H,4-6,11-15,18-19H2,1-3H3. The van der Waals surface area contributed by atoms with Gasteiger partial charge in [0.05, 0.1) is 24.2 Å². The molecule has 1 N–H and O–H groups in total. The number of nitrogens with zero attached hydrogens (tertiary/aromatic N) is 2. The lowest BCUT2D eigenvalue weighted by Gasteiger charge is -2.39. The summed E-state index contributed by atoms with van der Waals surface area (Å²) in [5.41, 5.74) is 1.10. The van der Waals surface area contributed by atoms with Crippen LogP contribution < -0.4 is 4.74 Å². The molecule has 0 radical (unpaired) electrons. The Labute approximate surface area is 230 Å². The smallest absolute Gasteiger partial charge is 0.248 e. The fourth-order valence-electron chi connectivity index (χ4n) is 5.56. The van der Waals surface area contributed by atoms with E-state index in [1.54, 1.807) is 50.1 Å². The number of amides is 1. The normalized spacial score (nSPS) is 20.3. The van der Waals surface area contributed by atoms with E-state index < -0.39 is 15.6 Å². The molecule has 2 heterocycles. The summed E-state index contributed by atoms with van der Waals surface area (Å²) < 4.78 is 40.0. The number of aryl methyl sites for hydroxylation is 2. The predicted molar refractivity (Wildman–Crippen MR) is 146 cm³/mol. The number of methoxy groups -OCH3 is 1. The van der Waals surface area contributed by atoms with Crippen LogP contribution in [0.15, 0.2) is 41.3 Å². The van der Waals surface area contributed by atoms with Crippen molar-refractivity contribution in [2.24, 2.45) is 0 Å². The highest BCUT2D eigenvalue weighted by atomic mass is 35.5. The van der Waals surface area contributed by atoms with Crippen molar-refractivity contribution in [2.45, 2.75) is 62.5 Å². The molecule has 0 saturated carbocycles. The maximum Gasteiger partial charge on any atom is 0.248 e. The Morgan fingerprint density at radius 1 is 1.08 bits per heavy atom. The number of halogens is 1. The van der Waals surface area contributed by atoms with Gasteiger partial charge in [0.2, 0.25) is 15.9 Å².